The van der Waals surface area contributed by atoms with Crippen molar-refractivity contribution in [3.63, 3.8) is 0 Å². The SMILES string of the molecule is CCc1cc(NC(=O)c2cc3ccccc3c(N=Nc3cccc(C(=O)Nc4ccccc4)c3OC)c2O)cc(CC)c1NC(=O)c1cc2ccccc2c(N=Nc2cccc(C(=O)Nc3ccccc3)c2OC)c1O. The number of ether oxygens (including phenoxy) is 2. The predicted octanol–water partition coefficient (Wildman–Crippen LogP) is 14.4. The maximum Gasteiger partial charge on any atom is 0.259 e. The second-order valence-electron chi connectivity index (χ2n) is 17.2. The van der Waals surface area contributed by atoms with Gasteiger partial charge in [0.05, 0.1) is 36.5 Å². The Balaban J connectivity index is 0.987. The first-order chi connectivity index (χ1) is 37.0. The lowest BCUT2D eigenvalue weighted by atomic mass is 9.99. The number of phenolic OH excluding ortho intramolecular Hbond substituents is 2. The van der Waals surface area contributed by atoms with E-state index in [0.717, 1.165) is 0 Å². The van der Waals surface area contributed by atoms with Crippen molar-refractivity contribution in [2.45, 2.75) is 26.7 Å². The number of aromatic hydroxyl groups is 2. The number of carbonyl (C=O) groups is 4. The van der Waals surface area contributed by atoms with Crippen LogP contribution in [0.15, 0.2) is 190 Å². The van der Waals surface area contributed by atoms with Crippen molar-refractivity contribution in [1.29, 1.82) is 0 Å². The summed E-state index contributed by atoms with van der Waals surface area (Å²) >= 11 is 0. The van der Waals surface area contributed by atoms with E-state index >= 15 is 0 Å². The fourth-order valence-corrected chi connectivity index (χ4v) is 8.76. The zero-order valence-corrected chi connectivity index (χ0v) is 41.7. The van der Waals surface area contributed by atoms with E-state index < -0.39 is 35.1 Å². The van der Waals surface area contributed by atoms with Crippen LogP contribution < -0.4 is 30.7 Å². The number of hydrogen-bond donors (Lipinski definition) is 6. The number of phenols is 2. The van der Waals surface area contributed by atoms with Crippen molar-refractivity contribution in [1.82, 2.24) is 0 Å². The largest absolute Gasteiger partial charge is 0.505 e. The van der Waals surface area contributed by atoms with E-state index in [9.17, 15) is 29.4 Å². The van der Waals surface area contributed by atoms with Gasteiger partial charge in [0.15, 0.2) is 23.0 Å². The second-order valence-corrected chi connectivity index (χ2v) is 17.2. The molecule has 0 aliphatic carbocycles. The highest BCUT2D eigenvalue weighted by Gasteiger charge is 2.24. The highest BCUT2D eigenvalue weighted by molar-refractivity contribution is 6.14. The van der Waals surface area contributed by atoms with Crippen LogP contribution in [0, 0.1) is 0 Å². The van der Waals surface area contributed by atoms with Crippen molar-refractivity contribution < 1.29 is 38.9 Å². The van der Waals surface area contributed by atoms with Crippen LogP contribution in [0.2, 0.25) is 0 Å². The van der Waals surface area contributed by atoms with Crippen molar-refractivity contribution in [3.8, 4) is 23.0 Å². The zero-order valence-electron chi connectivity index (χ0n) is 41.7. The maximum atomic E-state index is 14.4. The van der Waals surface area contributed by atoms with Gasteiger partial charge in [0.2, 0.25) is 0 Å². The van der Waals surface area contributed by atoms with E-state index in [2.05, 4.69) is 41.7 Å². The second kappa shape index (κ2) is 22.7. The van der Waals surface area contributed by atoms with Crippen molar-refractivity contribution in [2.24, 2.45) is 20.5 Å². The minimum Gasteiger partial charge on any atom is -0.505 e. The van der Waals surface area contributed by atoms with Gasteiger partial charge in [0, 0.05) is 33.5 Å². The van der Waals surface area contributed by atoms with Crippen LogP contribution in [0.3, 0.4) is 0 Å². The van der Waals surface area contributed by atoms with Crippen molar-refractivity contribution in [2.75, 3.05) is 35.5 Å². The average Bonchev–Trinajstić information content (AvgIpc) is 3.45. The summed E-state index contributed by atoms with van der Waals surface area (Å²) in [6.45, 7) is 3.81. The Morgan fingerprint density at radius 1 is 0.421 bits per heavy atom. The molecule has 0 saturated carbocycles. The Morgan fingerprint density at radius 3 is 1.22 bits per heavy atom. The molecule has 0 fully saturated rings. The number of nitrogens with zero attached hydrogens (tertiary/aromatic N) is 4. The number of para-hydroxylation sites is 4. The number of fused-ring (bicyclic) bond motifs is 2. The molecule has 76 heavy (non-hydrogen) atoms. The number of carbonyl (C=O) groups excluding carboxylic acids is 4. The summed E-state index contributed by atoms with van der Waals surface area (Å²) in [5, 5.41) is 55.3. The molecule has 0 aliphatic heterocycles. The lowest BCUT2D eigenvalue weighted by Gasteiger charge is -2.18. The normalized spacial score (nSPS) is 11.2. The van der Waals surface area contributed by atoms with Gasteiger partial charge >= 0.3 is 0 Å². The number of anilines is 4. The molecular formula is C60H50N8O8. The molecule has 0 unspecified atom stereocenters. The van der Waals surface area contributed by atoms with Crippen LogP contribution in [-0.2, 0) is 12.8 Å². The molecule has 0 saturated heterocycles. The number of methoxy groups -OCH3 is 2. The molecule has 378 valence electrons. The van der Waals surface area contributed by atoms with Crippen LogP contribution in [0.1, 0.15) is 66.4 Å². The van der Waals surface area contributed by atoms with Crippen LogP contribution >= 0.6 is 0 Å². The van der Waals surface area contributed by atoms with Crippen LogP contribution in [-0.4, -0.2) is 48.1 Å². The van der Waals surface area contributed by atoms with Crippen molar-refractivity contribution in [3.05, 3.63) is 203 Å². The van der Waals surface area contributed by atoms with Gasteiger partial charge in [-0.15, -0.1) is 20.5 Å². The summed E-state index contributed by atoms with van der Waals surface area (Å²) in [4.78, 5) is 55.3. The van der Waals surface area contributed by atoms with E-state index in [1.165, 1.54) is 14.2 Å². The van der Waals surface area contributed by atoms with Gasteiger partial charge in [0.25, 0.3) is 23.6 Å². The molecule has 0 bridgehead atoms. The lowest BCUT2D eigenvalue weighted by Crippen LogP contribution is -2.17. The van der Waals surface area contributed by atoms with E-state index in [-0.39, 0.29) is 56.5 Å². The third-order valence-electron chi connectivity index (χ3n) is 12.5. The van der Waals surface area contributed by atoms with Gasteiger partial charge in [-0.25, -0.2) is 0 Å². The fourth-order valence-electron chi connectivity index (χ4n) is 8.76. The third kappa shape index (κ3) is 10.6. The van der Waals surface area contributed by atoms with Crippen LogP contribution in [0.4, 0.5) is 45.5 Å². The zero-order chi connectivity index (χ0) is 53.3. The van der Waals surface area contributed by atoms with E-state index in [0.29, 0.717) is 68.3 Å². The number of nitrogens with one attached hydrogen (secondary N) is 4. The van der Waals surface area contributed by atoms with E-state index in [1.807, 2.05) is 26.0 Å². The smallest absolute Gasteiger partial charge is 0.259 e. The van der Waals surface area contributed by atoms with Gasteiger partial charge in [-0.2, -0.15) is 0 Å². The first-order valence-electron chi connectivity index (χ1n) is 24.2. The topological polar surface area (TPSA) is 225 Å². The summed E-state index contributed by atoms with van der Waals surface area (Å²) in [7, 11) is 2.83. The molecule has 9 aromatic rings. The van der Waals surface area contributed by atoms with Gasteiger partial charge in [-0.05, 0) is 108 Å². The molecule has 9 aromatic carbocycles. The predicted molar refractivity (Wildman–Crippen MR) is 295 cm³/mol. The van der Waals surface area contributed by atoms with Gasteiger partial charge in [0.1, 0.15) is 22.7 Å². The lowest BCUT2D eigenvalue weighted by molar-refractivity contribution is 0.101. The number of hydrogen-bond acceptors (Lipinski definition) is 12. The molecule has 0 aromatic heterocycles. The number of aryl methyl sites for hydroxylation is 2. The maximum absolute atomic E-state index is 14.4. The molecule has 4 amide bonds. The molecule has 9 rings (SSSR count). The highest BCUT2D eigenvalue weighted by Crippen LogP contribution is 2.44. The first kappa shape index (κ1) is 50.7. The minimum absolute atomic E-state index is 0.0186. The molecular weight excluding hydrogens is 961 g/mol. The summed E-state index contributed by atoms with van der Waals surface area (Å²) in [5.41, 5.74) is 4.16. The van der Waals surface area contributed by atoms with E-state index in [4.69, 9.17) is 9.47 Å². The highest BCUT2D eigenvalue weighted by atomic mass is 16.5. The fraction of sp³-hybridized carbons (Fsp3) is 0.100. The Morgan fingerprint density at radius 2 is 0.803 bits per heavy atom. The van der Waals surface area contributed by atoms with Crippen molar-refractivity contribution >= 4 is 90.7 Å². The Kier molecular flexibility index (Phi) is 15.1. The number of benzene rings is 9. The van der Waals surface area contributed by atoms with Crippen LogP contribution in [0.5, 0.6) is 23.0 Å². The molecule has 0 heterocycles. The number of amides is 4. The Bertz CT molecular complexity index is 3750. The molecule has 16 heteroatoms. The molecule has 0 spiro atoms. The van der Waals surface area contributed by atoms with Gasteiger partial charge in [-0.3, -0.25) is 19.2 Å². The quantitative estimate of drug-likeness (QED) is 0.0509. The molecule has 0 radical (unpaired) electrons. The Hall–Kier alpha value is -10.2. The summed E-state index contributed by atoms with van der Waals surface area (Å²) < 4.78 is 11.3. The monoisotopic (exact) mass is 1010 g/mol. The summed E-state index contributed by atoms with van der Waals surface area (Å²) in [6.07, 6.45) is 0.869. The summed E-state index contributed by atoms with van der Waals surface area (Å²) in [6, 6.07) is 48.5. The van der Waals surface area contributed by atoms with Gasteiger partial charge < -0.3 is 41.0 Å². The third-order valence-corrected chi connectivity index (χ3v) is 12.5. The number of azo groups is 2. The number of rotatable bonds is 16. The van der Waals surface area contributed by atoms with Gasteiger partial charge in [-0.1, -0.05) is 111 Å². The molecule has 16 nitrogen and oxygen atoms in total. The Labute approximate surface area is 436 Å². The minimum atomic E-state index is -0.639. The van der Waals surface area contributed by atoms with E-state index in [1.54, 1.807) is 158 Å². The average molecular weight is 1010 g/mol. The molecule has 6 N–H and O–H groups in total. The standard InChI is InChI=1S/C60H50N8O8/c1-5-35-31-41(63-59(73)46-33-37-19-13-15-25-42(37)51(53(46)69)67-65-48-29-17-27-44(55(48)75-3)57(71)61-39-21-9-7-10-22-39)32-36(6-2)50(35)64-60(74)47-34-38-20-14-16-26-43(38)52(54(47)70)68-66-49-30-18-28-45(56(49)76-4)58(72)62-40-23-11-8-12-24-40/h7-34,69-70H,5-6H2,1-4H3,(H,61,71)(H,62,72)(H,63,73)(H,64,74). The summed E-state index contributed by atoms with van der Waals surface area (Å²) in [5.74, 6) is -2.65. The first-order valence-corrected chi connectivity index (χ1v) is 24.2. The van der Waals surface area contributed by atoms with Crippen LogP contribution in [0.25, 0.3) is 21.5 Å². The molecule has 0 atom stereocenters. The molecule has 0 aliphatic rings.